The second-order valence-electron chi connectivity index (χ2n) is 4.25. The molecule has 18 heavy (non-hydrogen) atoms. The van der Waals surface area contributed by atoms with E-state index in [9.17, 15) is 4.39 Å². The summed E-state index contributed by atoms with van der Waals surface area (Å²) in [4.78, 5) is 0. The van der Waals surface area contributed by atoms with Crippen LogP contribution in [0.25, 0.3) is 0 Å². The van der Waals surface area contributed by atoms with Crippen LogP contribution < -0.4 is 4.74 Å². The van der Waals surface area contributed by atoms with Gasteiger partial charge in [0.1, 0.15) is 17.3 Å². The summed E-state index contributed by atoms with van der Waals surface area (Å²) >= 11 is 5.77. The van der Waals surface area contributed by atoms with Crippen molar-refractivity contribution in [3.8, 4) is 11.5 Å². The molecule has 94 valence electrons. The monoisotopic (exact) mass is 264 g/mol. The minimum absolute atomic E-state index is 0.300. The van der Waals surface area contributed by atoms with E-state index >= 15 is 0 Å². The van der Waals surface area contributed by atoms with Gasteiger partial charge in [-0.25, -0.2) is 4.39 Å². The molecule has 2 aromatic rings. The van der Waals surface area contributed by atoms with Gasteiger partial charge in [-0.3, -0.25) is 0 Å². The molecule has 0 radical (unpaired) electrons. The van der Waals surface area contributed by atoms with Crippen LogP contribution in [-0.4, -0.2) is 0 Å². The van der Waals surface area contributed by atoms with Crippen LogP contribution in [0.5, 0.6) is 11.5 Å². The van der Waals surface area contributed by atoms with Gasteiger partial charge in [0.2, 0.25) is 0 Å². The molecular weight excluding hydrogens is 251 g/mol. The first-order valence-electron chi connectivity index (χ1n) is 5.69. The number of aryl methyl sites for hydroxylation is 2. The summed E-state index contributed by atoms with van der Waals surface area (Å²) in [6, 6.07) is 10.3. The fraction of sp³-hybridized carbons (Fsp3) is 0.200. The van der Waals surface area contributed by atoms with Crippen LogP contribution in [0.15, 0.2) is 36.4 Å². The highest BCUT2D eigenvalue weighted by atomic mass is 35.5. The zero-order valence-corrected chi connectivity index (χ0v) is 11.1. The van der Waals surface area contributed by atoms with E-state index in [4.69, 9.17) is 16.3 Å². The second kappa shape index (κ2) is 5.40. The van der Waals surface area contributed by atoms with Crippen molar-refractivity contribution in [2.24, 2.45) is 0 Å². The van der Waals surface area contributed by atoms with E-state index in [0.29, 0.717) is 11.6 Å². The molecule has 2 rings (SSSR count). The molecule has 0 N–H and O–H groups in total. The molecule has 3 heteroatoms. The van der Waals surface area contributed by atoms with E-state index in [1.54, 1.807) is 6.07 Å². The topological polar surface area (TPSA) is 9.23 Å². The van der Waals surface area contributed by atoms with E-state index in [1.165, 1.54) is 12.1 Å². The third kappa shape index (κ3) is 2.82. The minimum Gasteiger partial charge on any atom is -0.457 e. The maximum absolute atomic E-state index is 13.2. The van der Waals surface area contributed by atoms with Crippen LogP contribution in [0.2, 0.25) is 0 Å². The first kappa shape index (κ1) is 12.9. The number of hydrogen-bond acceptors (Lipinski definition) is 1. The SMILES string of the molecule is Cc1cc(CCl)ccc1Oc1cc(F)ccc1C. The zero-order valence-electron chi connectivity index (χ0n) is 10.3. The molecule has 0 aliphatic carbocycles. The molecule has 0 saturated heterocycles. The maximum Gasteiger partial charge on any atom is 0.133 e. The number of benzene rings is 2. The Morgan fingerprint density at radius 3 is 2.44 bits per heavy atom. The Kier molecular flexibility index (Phi) is 3.87. The molecule has 2 aromatic carbocycles. The van der Waals surface area contributed by atoms with E-state index in [2.05, 4.69) is 0 Å². The Morgan fingerprint density at radius 1 is 1.00 bits per heavy atom. The summed E-state index contributed by atoms with van der Waals surface area (Å²) in [6.45, 7) is 3.83. The lowest BCUT2D eigenvalue weighted by Gasteiger charge is -2.11. The van der Waals surface area contributed by atoms with Crippen LogP contribution in [0.1, 0.15) is 16.7 Å². The van der Waals surface area contributed by atoms with Crippen LogP contribution in [0, 0.1) is 19.7 Å². The van der Waals surface area contributed by atoms with Gasteiger partial charge in [-0.15, -0.1) is 11.6 Å². The lowest BCUT2D eigenvalue weighted by molar-refractivity contribution is 0.469. The second-order valence-corrected chi connectivity index (χ2v) is 4.51. The van der Waals surface area contributed by atoms with Crippen molar-refractivity contribution in [3.05, 3.63) is 58.9 Å². The molecule has 0 unspecified atom stereocenters. The van der Waals surface area contributed by atoms with Gasteiger partial charge in [0.25, 0.3) is 0 Å². The molecule has 0 heterocycles. The highest BCUT2D eigenvalue weighted by Gasteiger charge is 2.06. The maximum atomic E-state index is 13.2. The summed E-state index contributed by atoms with van der Waals surface area (Å²) in [5.41, 5.74) is 2.92. The first-order valence-corrected chi connectivity index (χ1v) is 6.23. The van der Waals surface area contributed by atoms with Crippen molar-refractivity contribution in [2.75, 3.05) is 0 Å². The van der Waals surface area contributed by atoms with E-state index in [0.717, 1.165) is 22.4 Å². The Balaban J connectivity index is 2.31. The fourth-order valence-corrected chi connectivity index (χ4v) is 1.88. The molecule has 0 aromatic heterocycles. The summed E-state index contributed by atoms with van der Waals surface area (Å²) < 4.78 is 18.9. The fourth-order valence-electron chi connectivity index (χ4n) is 1.71. The molecule has 0 aliphatic heterocycles. The van der Waals surface area contributed by atoms with Gasteiger partial charge in [0.15, 0.2) is 0 Å². The summed E-state index contributed by atoms with van der Waals surface area (Å²) in [7, 11) is 0. The van der Waals surface area contributed by atoms with Gasteiger partial charge in [-0.05, 0) is 42.7 Å². The average Bonchev–Trinajstić information content (AvgIpc) is 2.36. The largest absolute Gasteiger partial charge is 0.457 e. The number of rotatable bonds is 3. The average molecular weight is 265 g/mol. The molecule has 0 aliphatic rings. The normalized spacial score (nSPS) is 10.4. The summed E-state index contributed by atoms with van der Waals surface area (Å²) in [5.74, 6) is 1.43. The van der Waals surface area contributed by atoms with Gasteiger partial charge in [0.05, 0.1) is 0 Å². The summed E-state index contributed by atoms with van der Waals surface area (Å²) in [5, 5.41) is 0. The third-order valence-corrected chi connectivity index (χ3v) is 3.07. The number of halogens is 2. The predicted molar refractivity (Wildman–Crippen MR) is 71.9 cm³/mol. The standard InChI is InChI=1S/C15H14ClFO/c1-10-3-5-13(17)8-15(10)18-14-6-4-12(9-16)7-11(14)2/h3-8H,9H2,1-2H3. The quantitative estimate of drug-likeness (QED) is 0.711. The Hall–Kier alpha value is -1.54. The first-order chi connectivity index (χ1) is 8.60. The van der Waals surface area contributed by atoms with Crippen molar-refractivity contribution in [1.29, 1.82) is 0 Å². The molecule has 1 nitrogen and oxygen atoms in total. The van der Waals surface area contributed by atoms with Gasteiger partial charge in [0, 0.05) is 11.9 Å². The molecule has 0 fully saturated rings. The highest BCUT2D eigenvalue weighted by molar-refractivity contribution is 6.17. The van der Waals surface area contributed by atoms with Gasteiger partial charge in [-0.2, -0.15) is 0 Å². The lowest BCUT2D eigenvalue weighted by atomic mass is 10.1. The van der Waals surface area contributed by atoms with Crippen molar-refractivity contribution in [1.82, 2.24) is 0 Å². The zero-order chi connectivity index (χ0) is 13.1. The molecule has 0 bridgehead atoms. The Labute approximate surface area is 111 Å². The Bertz CT molecular complexity index is 566. The van der Waals surface area contributed by atoms with E-state index in [1.807, 2.05) is 32.0 Å². The number of alkyl halides is 1. The van der Waals surface area contributed by atoms with Crippen LogP contribution >= 0.6 is 11.6 Å². The van der Waals surface area contributed by atoms with Crippen molar-refractivity contribution >= 4 is 11.6 Å². The van der Waals surface area contributed by atoms with Gasteiger partial charge >= 0.3 is 0 Å². The molecule has 0 saturated carbocycles. The predicted octanol–water partition coefficient (Wildman–Crippen LogP) is 4.97. The molecule has 0 atom stereocenters. The molecule has 0 spiro atoms. The van der Waals surface area contributed by atoms with Gasteiger partial charge in [-0.1, -0.05) is 18.2 Å². The number of hydrogen-bond donors (Lipinski definition) is 0. The van der Waals surface area contributed by atoms with E-state index in [-0.39, 0.29) is 5.82 Å². The van der Waals surface area contributed by atoms with Crippen molar-refractivity contribution < 1.29 is 9.13 Å². The highest BCUT2D eigenvalue weighted by Crippen LogP contribution is 2.29. The minimum atomic E-state index is -0.300. The van der Waals surface area contributed by atoms with Crippen LogP contribution in [0.4, 0.5) is 4.39 Å². The van der Waals surface area contributed by atoms with Crippen LogP contribution in [-0.2, 0) is 5.88 Å². The van der Waals surface area contributed by atoms with Crippen LogP contribution in [0.3, 0.4) is 0 Å². The van der Waals surface area contributed by atoms with Gasteiger partial charge < -0.3 is 4.74 Å². The molecule has 0 amide bonds. The van der Waals surface area contributed by atoms with Crippen molar-refractivity contribution in [2.45, 2.75) is 19.7 Å². The lowest BCUT2D eigenvalue weighted by Crippen LogP contribution is -1.92. The number of ether oxygens (including phenoxy) is 1. The summed E-state index contributed by atoms with van der Waals surface area (Å²) in [6.07, 6.45) is 0. The Morgan fingerprint density at radius 2 is 1.78 bits per heavy atom. The molecular formula is C15H14ClFO. The van der Waals surface area contributed by atoms with E-state index < -0.39 is 0 Å². The van der Waals surface area contributed by atoms with Crippen molar-refractivity contribution in [3.63, 3.8) is 0 Å². The smallest absolute Gasteiger partial charge is 0.133 e. The third-order valence-electron chi connectivity index (χ3n) is 2.76.